The summed E-state index contributed by atoms with van der Waals surface area (Å²) in [7, 11) is 0. The van der Waals surface area contributed by atoms with E-state index < -0.39 is 24.6 Å². The summed E-state index contributed by atoms with van der Waals surface area (Å²) in [5, 5.41) is 8.23. The number of hydrogen-bond acceptors (Lipinski definition) is 4. The van der Waals surface area contributed by atoms with E-state index >= 15 is 0 Å². The van der Waals surface area contributed by atoms with E-state index in [2.05, 4.69) is 4.84 Å². The molecule has 2 N–H and O–H groups in total. The maximum atomic E-state index is 11.2. The number of hydroxylamine groups is 1. The summed E-state index contributed by atoms with van der Waals surface area (Å²) >= 11 is 0. The fourth-order valence-electron chi connectivity index (χ4n) is 1.23. The molecule has 1 rings (SSSR count). The highest BCUT2D eigenvalue weighted by Crippen LogP contribution is 2.18. The van der Waals surface area contributed by atoms with Gasteiger partial charge in [-0.3, -0.25) is 9.63 Å². The SMILES string of the molecule is CC1CCC(C(=O)NOCC(=O)O)O1. The first kappa shape index (κ1) is 10.9. The standard InChI is InChI=1S/C8H13NO5/c1-5-2-3-6(14-5)8(12)9-13-4-7(10)11/h5-6H,2-4H2,1H3,(H,9,12)(H,10,11). The molecule has 2 atom stereocenters. The zero-order valence-corrected chi connectivity index (χ0v) is 7.86. The monoisotopic (exact) mass is 203 g/mol. The number of nitrogens with one attached hydrogen (secondary N) is 1. The largest absolute Gasteiger partial charge is 0.479 e. The van der Waals surface area contributed by atoms with Crippen LogP contribution in [-0.2, 0) is 19.2 Å². The Morgan fingerprint density at radius 3 is 2.79 bits per heavy atom. The zero-order valence-electron chi connectivity index (χ0n) is 7.86. The average molecular weight is 203 g/mol. The van der Waals surface area contributed by atoms with Crippen LogP contribution in [0.1, 0.15) is 19.8 Å². The van der Waals surface area contributed by atoms with Crippen LogP contribution in [0, 0.1) is 0 Å². The number of rotatable bonds is 4. The minimum absolute atomic E-state index is 0.0743. The van der Waals surface area contributed by atoms with Crippen molar-refractivity contribution >= 4 is 11.9 Å². The molecule has 0 aliphatic carbocycles. The van der Waals surface area contributed by atoms with Gasteiger partial charge in [-0.25, -0.2) is 10.3 Å². The third-order valence-electron chi connectivity index (χ3n) is 1.89. The van der Waals surface area contributed by atoms with Gasteiger partial charge in [-0.05, 0) is 19.8 Å². The van der Waals surface area contributed by atoms with Gasteiger partial charge in [0.15, 0.2) is 6.61 Å². The molecule has 1 heterocycles. The maximum absolute atomic E-state index is 11.2. The Bertz CT molecular complexity index is 230. The normalized spacial score (nSPS) is 26.1. The van der Waals surface area contributed by atoms with Crippen LogP contribution < -0.4 is 5.48 Å². The zero-order chi connectivity index (χ0) is 10.6. The number of carboxylic acid groups (broad SMARTS) is 1. The van der Waals surface area contributed by atoms with E-state index in [4.69, 9.17) is 9.84 Å². The lowest BCUT2D eigenvalue weighted by Gasteiger charge is -2.10. The first-order chi connectivity index (χ1) is 6.59. The summed E-state index contributed by atoms with van der Waals surface area (Å²) in [6.07, 6.45) is 1.03. The Labute approximate surface area is 81.1 Å². The molecule has 1 aliphatic rings. The van der Waals surface area contributed by atoms with Gasteiger partial charge in [0.25, 0.3) is 5.91 Å². The third-order valence-corrected chi connectivity index (χ3v) is 1.89. The van der Waals surface area contributed by atoms with E-state index in [1.54, 1.807) is 0 Å². The predicted molar refractivity (Wildman–Crippen MR) is 45.3 cm³/mol. The van der Waals surface area contributed by atoms with Crippen molar-refractivity contribution in [1.29, 1.82) is 0 Å². The van der Waals surface area contributed by atoms with Gasteiger partial charge in [0, 0.05) is 0 Å². The molecule has 1 fully saturated rings. The van der Waals surface area contributed by atoms with Crippen molar-refractivity contribution in [2.45, 2.75) is 32.0 Å². The number of amides is 1. The number of ether oxygens (including phenoxy) is 1. The Morgan fingerprint density at radius 2 is 2.29 bits per heavy atom. The molecular weight excluding hydrogens is 190 g/mol. The average Bonchev–Trinajstić information content (AvgIpc) is 2.51. The summed E-state index contributed by atoms with van der Waals surface area (Å²) in [4.78, 5) is 25.7. The molecule has 1 aliphatic heterocycles. The Balaban J connectivity index is 2.18. The lowest BCUT2D eigenvalue weighted by atomic mass is 10.2. The number of aliphatic carboxylic acids is 1. The van der Waals surface area contributed by atoms with E-state index in [1.807, 2.05) is 12.4 Å². The lowest BCUT2D eigenvalue weighted by molar-refractivity contribution is -0.153. The number of carbonyl (C=O) groups is 2. The van der Waals surface area contributed by atoms with Crippen LogP contribution >= 0.6 is 0 Å². The van der Waals surface area contributed by atoms with Gasteiger partial charge in [0.2, 0.25) is 0 Å². The van der Waals surface area contributed by atoms with Crippen LogP contribution in [0.15, 0.2) is 0 Å². The molecule has 0 bridgehead atoms. The van der Waals surface area contributed by atoms with E-state index in [9.17, 15) is 9.59 Å². The second-order valence-corrected chi connectivity index (χ2v) is 3.16. The molecule has 0 radical (unpaired) electrons. The van der Waals surface area contributed by atoms with Gasteiger partial charge in [-0.1, -0.05) is 0 Å². The van der Waals surface area contributed by atoms with E-state index in [1.165, 1.54) is 0 Å². The number of carbonyl (C=O) groups excluding carboxylic acids is 1. The van der Waals surface area contributed by atoms with Gasteiger partial charge in [0.05, 0.1) is 6.10 Å². The predicted octanol–water partition coefficient (Wildman–Crippen LogP) is -0.314. The van der Waals surface area contributed by atoms with E-state index in [0.29, 0.717) is 6.42 Å². The van der Waals surface area contributed by atoms with Crippen LogP contribution in [-0.4, -0.2) is 35.8 Å². The second kappa shape index (κ2) is 4.92. The topological polar surface area (TPSA) is 84.9 Å². The van der Waals surface area contributed by atoms with Gasteiger partial charge < -0.3 is 9.84 Å². The van der Waals surface area contributed by atoms with Crippen molar-refractivity contribution in [2.75, 3.05) is 6.61 Å². The molecule has 1 amide bonds. The molecule has 0 aromatic carbocycles. The van der Waals surface area contributed by atoms with Gasteiger partial charge in [0.1, 0.15) is 6.10 Å². The molecule has 6 heteroatoms. The highest BCUT2D eigenvalue weighted by atomic mass is 16.7. The van der Waals surface area contributed by atoms with Crippen LogP contribution in [0.2, 0.25) is 0 Å². The van der Waals surface area contributed by atoms with Crippen molar-refractivity contribution in [2.24, 2.45) is 0 Å². The summed E-state index contributed by atoms with van der Waals surface area (Å²) < 4.78 is 5.24. The molecule has 1 saturated heterocycles. The molecule has 6 nitrogen and oxygen atoms in total. The van der Waals surface area contributed by atoms with Crippen molar-refractivity contribution in [3.63, 3.8) is 0 Å². The highest BCUT2D eigenvalue weighted by molar-refractivity contribution is 5.80. The molecule has 0 saturated carbocycles. The molecule has 2 unspecified atom stereocenters. The first-order valence-electron chi connectivity index (χ1n) is 4.38. The summed E-state index contributed by atoms with van der Waals surface area (Å²) in [5.74, 6) is -1.55. The van der Waals surface area contributed by atoms with E-state index in [-0.39, 0.29) is 6.10 Å². The van der Waals surface area contributed by atoms with Gasteiger partial charge in [-0.15, -0.1) is 0 Å². The smallest absolute Gasteiger partial charge is 0.332 e. The van der Waals surface area contributed by atoms with Crippen LogP contribution in [0.5, 0.6) is 0 Å². The summed E-state index contributed by atoms with van der Waals surface area (Å²) in [5.41, 5.74) is 2.03. The Morgan fingerprint density at radius 1 is 1.57 bits per heavy atom. The Kier molecular flexibility index (Phi) is 3.84. The number of hydrogen-bond donors (Lipinski definition) is 2. The van der Waals surface area contributed by atoms with Gasteiger partial charge >= 0.3 is 5.97 Å². The minimum atomic E-state index is -1.13. The molecule has 14 heavy (non-hydrogen) atoms. The molecule has 0 aromatic rings. The van der Waals surface area contributed by atoms with Crippen LogP contribution in [0.4, 0.5) is 0 Å². The highest BCUT2D eigenvalue weighted by Gasteiger charge is 2.28. The summed E-state index contributed by atoms with van der Waals surface area (Å²) in [6.45, 7) is 1.33. The maximum Gasteiger partial charge on any atom is 0.332 e. The Hall–Kier alpha value is -1.14. The molecule has 0 spiro atoms. The lowest BCUT2D eigenvalue weighted by Crippen LogP contribution is -2.35. The fourth-order valence-corrected chi connectivity index (χ4v) is 1.23. The molecular formula is C8H13NO5. The molecule has 0 aromatic heterocycles. The second-order valence-electron chi connectivity index (χ2n) is 3.16. The van der Waals surface area contributed by atoms with Gasteiger partial charge in [-0.2, -0.15) is 0 Å². The van der Waals surface area contributed by atoms with Crippen LogP contribution in [0.3, 0.4) is 0 Å². The number of carboxylic acids is 1. The van der Waals surface area contributed by atoms with Crippen molar-refractivity contribution in [3.05, 3.63) is 0 Å². The van der Waals surface area contributed by atoms with Crippen molar-refractivity contribution in [3.8, 4) is 0 Å². The minimum Gasteiger partial charge on any atom is -0.479 e. The van der Waals surface area contributed by atoms with Crippen molar-refractivity contribution in [1.82, 2.24) is 5.48 Å². The third kappa shape index (κ3) is 3.31. The quantitative estimate of drug-likeness (QED) is 0.612. The van der Waals surface area contributed by atoms with Crippen LogP contribution in [0.25, 0.3) is 0 Å². The van der Waals surface area contributed by atoms with E-state index in [0.717, 1.165) is 6.42 Å². The van der Waals surface area contributed by atoms with Crippen molar-refractivity contribution < 1.29 is 24.3 Å². The molecule has 80 valence electrons. The fraction of sp³-hybridized carbons (Fsp3) is 0.750. The summed E-state index contributed by atoms with van der Waals surface area (Å²) in [6, 6.07) is 0. The first-order valence-corrected chi connectivity index (χ1v) is 4.38.